The van der Waals surface area contributed by atoms with Crippen molar-refractivity contribution in [1.82, 2.24) is 4.90 Å². The van der Waals surface area contributed by atoms with Crippen LogP contribution >= 0.6 is 0 Å². The second-order valence-corrected chi connectivity index (χ2v) is 4.43. The Morgan fingerprint density at radius 2 is 2.12 bits per heavy atom. The van der Waals surface area contributed by atoms with Crippen molar-refractivity contribution in [2.75, 3.05) is 13.1 Å². The molecule has 1 amide bonds. The molecule has 0 spiro atoms. The highest BCUT2D eigenvalue weighted by molar-refractivity contribution is 5.92. The van der Waals surface area contributed by atoms with Gasteiger partial charge in [-0.1, -0.05) is 13.0 Å². The van der Waals surface area contributed by atoms with E-state index in [2.05, 4.69) is 0 Å². The third kappa shape index (κ3) is 3.75. The second-order valence-electron chi connectivity index (χ2n) is 4.43. The summed E-state index contributed by atoms with van der Waals surface area (Å²) in [5.74, 6) is -1.63. The van der Waals surface area contributed by atoms with Crippen molar-refractivity contribution < 1.29 is 18.0 Å². The first-order chi connectivity index (χ1) is 7.86. The van der Waals surface area contributed by atoms with Crippen LogP contribution in [0.25, 0.3) is 0 Å². The third-order valence-electron chi connectivity index (χ3n) is 3.02. The molecule has 1 fully saturated rings. The number of carbonyl (C=O) groups is 1. The zero-order valence-electron chi connectivity index (χ0n) is 10.2. The van der Waals surface area contributed by atoms with Crippen molar-refractivity contribution in [3.05, 3.63) is 11.6 Å². The van der Waals surface area contributed by atoms with Gasteiger partial charge in [-0.25, -0.2) is 0 Å². The summed E-state index contributed by atoms with van der Waals surface area (Å²) in [6, 6.07) is 0. The molecule has 1 aliphatic heterocycles. The van der Waals surface area contributed by atoms with E-state index in [4.69, 9.17) is 0 Å². The van der Waals surface area contributed by atoms with Crippen molar-refractivity contribution in [3.8, 4) is 0 Å². The Bertz CT molecular complexity index is 309. The number of amides is 1. The van der Waals surface area contributed by atoms with Crippen molar-refractivity contribution in [2.45, 2.75) is 39.3 Å². The van der Waals surface area contributed by atoms with Gasteiger partial charge >= 0.3 is 6.18 Å². The van der Waals surface area contributed by atoms with E-state index in [-0.39, 0.29) is 18.9 Å². The van der Waals surface area contributed by atoms with Gasteiger partial charge in [-0.15, -0.1) is 0 Å². The molecular formula is C12H18F3NO. The first-order valence-electron chi connectivity index (χ1n) is 5.89. The molecule has 0 unspecified atom stereocenters. The molecule has 1 saturated heterocycles. The number of alkyl halides is 3. The van der Waals surface area contributed by atoms with Gasteiger partial charge in [0.05, 0.1) is 5.92 Å². The van der Waals surface area contributed by atoms with Crippen LogP contribution in [0.4, 0.5) is 13.2 Å². The van der Waals surface area contributed by atoms with E-state index >= 15 is 0 Å². The predicted molar refractivity (Wildman–Crippen MR) is 59.4 cm³/mol. The van der Waals surface area contributed by atoms with E-state index in [1.54, 1.807) is 13.0 Å². The first kappa shape index (κ1) is 14.1. The first-order valence-corrected chi connectivity index (χ1v) is 5.89. The maximum absolute atomic E-state index is 12.6. The fraction of sp³-hybridized carbons (Fsp3) is 0.750. The number of hydrogen-bond donors (Lipinski definition) is 0. The minimum Gasteiger partial charge on any atom is -0.338 e. The van der Waals surface area contributed by atoms with E-state index in [9.17, 15) is 18.0 Å². The molecule has 0 saturated carbocycles. The van der Waals surface area contributed by atoms with Gasteiger partial charge in [0, 0.05) is 18.7 Å². The van der Waals surface area contributed by atoms with Gasteiger partial charge in [0.1, 0.15) is 0 Å². The van der Waals surface area contributed by atoms with E-state index in [0.717, 1.165) is 0 Å². The van der Waals surface area contributed by atoms with Gasteiger partial charge in [0.2, 0.25) is 5.91 Å². The molecule has 1 atom stereocenters. The van der Waals surface area contributed by atoms with Crippen molar-refractivity contribution >= 4 is 5.91 Å². The van der Waals surface area contributed by atoms with Gasteiger partial charge in [-0.3, -0.25) is 4.79 Å². The highest BCUT2D eigenvalue weighted by atomic mass is 19.4. The summed E-state index contributed by atoms with van der Waals surface area (Å²) in [5.41, 5.74) is 0.537. The lowest BCUT2D eigenvalue weighted by Crippen LogP contribution is -2.44. The average Bonchev–Trinajstić information content (AvgIpc) is 2.27. The number of hydrogen-bond acceptors (Lipinski definition) is 1. The minimum atomic E-state index is -4.19. The lowest BCUT2D eigenvalue weighted by Gasteiger charge is -2.34. The number of likely N-dealkylation sites (tertiary alicyclic amines) is 1. The SMILES string of the molecule is CC/C=C(/C)C(=O)N1CCC[C@@H](C(F)(F)F)C1. The molecule has 1 heterocycles. The molecule has 0 aromatic heterocycles. The number of carbonyl (C=O) groups excluding carboxylic acids is 1. The Balaban J connectivity index is 2.67. The number of piperidine rings is 1. The molecule has 0 aromatic carbocycles. The Morgan fingerprint density at radius 1 is 1.47 bits per heavy atom. The average molecular weight is 249 g/mol. The lowest BCUT2D eigenvalue weighted by atomic mass is 9.97. The molecule has 0 aromatic rings. The van der Waals surface area contributed by atoms with Crippen molar-refractivity contribution in [1.29, 1.82) is 0 Å². The van der Waals surface area contributed by atoms with Crippen LogP contribution in [-0.2, 0) is 4.79 Å². The summed E-state index contributed by atoms with van der Waals surface area (Å²) in [5, 5.41) is 0. The maximum Gasteiger partial charge on any atom is 0.393 e. The van der Waals surface area contributed by atoms with Crippen LogP contribution in [0.2, 0.25) is 0 Å². The van der Waals surface area contributed by atoms with Crippen LogP contribution in [-0.4, -0.2) is 30.1 Å². The van der Waals surface area contributed by atoms with Crippen molar-refractivity contribution in [3.63, 3.8) is 0 Å². The molecule has 17 heavy (non-hydrogen) atoms. The Morgan fingerprint density at radius 3 is 2.65 bits per heavy atom. The Kier molecular flexibility index (Phi) is 4.60. The van der Waals surface area contributed by atoms with Crippen LogP contribution in [0.5, 0.6) is 0 Å². The number of rotatable bonds is 2. The van der Waals surface area contributed by atoms with E-state index in [0.29, 0.717) is 25.0 Å². The maximum atomic E-state index is 12.6. The molecule has 1 aliphatic rings. The van der Waals surface area contributed by atoms with E-state index in [1.165, 1.54) is 4.90 Å². The van der Waals surface area contributed by atoms with Crippen LogP contribution in [0.15, 0.2) is 11.6 Å². The monoisotopic (exact) mass is 249 g/mol. The fourth-order valence-electron chi connectivity index (χ4n) is 2.07. The summed E-state index contributed by atoms with van der Waals surface area (Å²) in [6.07, 6.45) is -1.17. The molecule has 0 radical (unpaired) electrons. The lowest BCUT2D eigenvalue weighted by molar-refractivity contribution is -0.187. The standard InChI is InChI=1S/C12H18F3NO/c1-3-5-9(2)11(17)16-7-4-6-10(8-16)12(13,14)15/h5,10H,3-4,6-8H2,1-2H3/b9-5-/t10-/m1/s1. The summed E-state index contributed by atoms with van der Waals surface area (Å²) in [4.78, 5) is 13.2. The molecule has 2 nitrogen and oxygen atoms in total. The van der Waals surface area contributed by atoms with Crippen LogP contribution in [0, 0.1) is 5.92 Å². The highest BCUT2D eigenvalue weighted by Gasteiger charge is 2.42. The van der Waals surface area contributed by atoms with Crippen LogP contribution in [0.1, 0.15) is 33.1 Å². The zero-order valence-corrected chi connectivity index (χ0v) is 10.2. The molecule has 0 bridgehead atoms. The van der Waals surface area contributed by atoms with E-state index < -0.39 is 12.1 Å². The van der Waals surface area contributed by atoms with Gasteiger partial charge in [0.15, 0.2) is 0 Å². The number of nitrogens with zero attached hydrogens (tertiary/aromatic N) is 1. The number of halogens is 3. The third-order valence-corrected chi connectivity index (χ3v) is 3.02. The van der Waals surface area contributed by atoms with Gasteiger partial charge in [-0.2, -0.15) is 13.2 Å². The smallest absolute Gasteiger partial charge is 0.338 e. The molecule has 0 N–H and O–H groups in total. The highest BCUT2D eigenvalue weighted by Crippen LogP contribution is 2.33. The molecule has 0 aliphatic carbocycles. The molecular weight excluding hydrogens is 231 g/mol. The summed E-state index contributed by atoms with van der Waals surface area (Å²) < 4.78 is 37.7. The molecule has 98 valence electrons. The quantitative estimate of drug-likeness (QED) is 0.688. The topological polar surface area (TPSA) is 20.3 Å². The van der Waals surface area contributed by atoms with Gasteiger partial charge < -0.3 is 4.90 Å². The largest absolute Gasteiger partial charge is 0.393 e. The van der Waals surface area contributed by atoms with Gasteiger partial charge in [0.25, 0.3) is 0 Å². The Labute approximate surface area is 99.5 Å². The van der Waals surface area contributed by atoms with Crippen LogP contribution < -0.4 is 0 Å². The van der Waals surface area contributed by atoms with Crippen molar-refractivity contribution in [2.24, 2.45) is 5.92 Å². The summed E-state index contributed by atoms with van der Waals surface area (Å²) in [7, 11) is 0. The molecule has 5 heteroatoms. The Hall–Kier alpha value is -1.00. The molecule has 1 rings (SSSR count). The number of allylic oxidation sites excluding steroid dienone is 1. The second kappa shape index (κ2) is 5.56. The van der Waals surface area contributed by atoms with Gasteiger partial charge in [-0.05, 0) is 26.2 Å². The predicted octanol–water partition coefficient (Wildman–Crippen LogP) is 3.14. The zero-order chi connectivity index (χ0) is 13.1. The fourth-order valence-corrected chi connectivity index (χ4v) is 2.07. The normalized spacial score (nSPS) is 22.8. The van der Waals surface area contributed by atoms with E-state index in [1.807, 2.05) is 6.92 Å². The minimum absolute atomic E-state index is 0.129. The van der Waals surface area contributed by atoms with Crippen LogP contribution in [0.3, 0.4) is 0 Å². The summed E-state index contributed by atoms with van der Waals surface area (Å²) >= 11 is 0. The summed E-state index contributed by atoms with van der Waals surface area (Å²) in [6.45, 7) is 3.78.